The van der Waals surface area contributed by atoms with Crippen molar-refractivity contribution in [2.75, 3.05) is 30.0 Å². The van der Waals surface area contributed by atoms with Crippen LogP contribution in [0.5, 0.6) is 11.5 Å². The molecule has 2 aliphatic heterocycles. The standard InChI is InChI=1S/C20H18N2O3S/c21-15-6-4-13(19-3-1-2-10-26-19)11-16(15)22-20(23)14-5-7-17-18(12-14)25-9-8-24-17/h1-7,11-12H,8-10,21H2,(H,22,23). The van der Waals surface area contributed by atoms with E-state index in [1.165, 1.54) is 0 Å². The van der Waals surface area contributed by atoms with Gasteiger partial charge in [-0.25, -0.2) is 0 Å². The second-order valence-corrected chi connectivity index (χ2v) is 6.95. The summed E-state index contributed by atoms with van der Waals surface area (Å²) in [6, 6.07) is 10.8. The fourth-order valence-corrected chi connectivity index (χ4v) is 3.63. The number of hydrogen-bond donors (Lipinski definition) is 2. The van der Waals surface area contributed by atoms with E-state index in [9.17, 15) is 4.79 Å². The number of carbonyl (C=O) groups excluding carboxylic acids is 1. The lowest BCUT2D eigenvalue weighted by atomic mass is 10.1. The van der Waals surface area contributed by atoms with Gasteiger partial charge in [0, 0.05) is 16.2 Å². The predicted octanol–water partition coefficient (Wildman–Crippen LogP) is 3.94. The number of nitrogens with two attached hydrogens (primary N) is 1. The number of rotatable bonds is 3. The SMILES string of the molecule is Nc1ccc(C2=CC=CCS2)cc1NC(=O)c1ccc2c(c1)OCCO2. The molecule has 0 aliphatic carbocycles. The van der Waals surface area contributed by atoms with Crippen molar-refractivity contribution in [3.8, 4) is 11.5 Å². The van der Waals surface area contributed by atoms with Gasteiger partial charge in [0.15, 0.2) is 11.5 Å². The van der Waals surface area contributed by atoms with E-state index in [0.29, 0.717) is 41.7 Å². The first-order valence-corrected chi connectivity index (χ1v) is 9.30. The van der Waals surface area contributed by atoms with Gasteiger partial charge < -0.3 is 20.5 Å². The number of thioether (sulfide) groups is 1. The normalized spacial score (nSPS) is 15.3. The van der Waals surface area contributed by atoms with E-state index in [2.05, 4.69) is 17.5 Å². The third-order valence-corrected chi connectivity index (χ3v) is 5.15. The van der Waals surface area contributed by atoms with Crippen molar-refractivity contribution in [1.29, 1.82) is 0 Å². The monoisotopic (exact) mass is 366 g/mol. The molecule has 3 N–H and O–H groups in total. The Balaban J connectivity index is 1.57. The molecule has 0 aromatic heterocycles. The summed E-state index contributed by atoms with van der Waals surface area (Å²) in [5, 5.41) is 2.90. The van der Waals surface area contributed by atoms with Gasteiger partial charge in [0.1, 0.15) is 13.2 Å². The smallest absolute Gasteiger partial charge is 0.255 e. The Morgan fingerprint density at radius 2 is 1.92 bits per heavy atom. The number of benzene rings is 2. The minimum Gasteiger partial charge on any atom is -0.486 e. The molecule has 2 aromatic carbocycles. The molecule has 0 fully saturated rings. The third kappa shape index (κ3) is 3.41. The number of carbonyl (C=O) groups is 1. The summed E-state index contributed by atoms with van der Waals surface area (Å²) >= 11 is 1.75. The Hall–Kier alpha value is -2.86. The quantitative estimate of drug-likeness (QED) is 0.805. The van der Waals surface area contributed by atoms with Gasteiger partial charge in [-0.15, -0.1) is 11.8 Å². The molecule has 2 aliphatic rings. The highest BCUT2D eigenvalue weighted by atomic mass is 32.2. The van der Waals surface area contributed by atoms with Crippen molar-refractivity contribution in [1.82, 2.24) is 0 Å². The molecular weight excluding hydrogens is 348 g/mol. The first-order valence-electron chi connectivity index (χ1n) is 8.31. The average Bonchev–Trinajstić information content (AvgIpc) is 2.70. The summed E-state index contributed by atoms with van der Waals surface area (Å²) in [5.74, 6) is 1.94. The number of nitrogens with one attached hydrogen (secondary N) is 1. The van der Waals surface area contributed by atoms with Crippen LogP contribution in [0.2, 0.25) is 0 Å². The van der Waals surface area contributed by atoms with E-state index in [-0.39, 0.29) is 5.91 Å². The Bertz CT molecular complexity index is 921. The molecule has 0 saturated heterocycles. The highest BCUT2D eigenvalue weighted by Crippen LogP contribution is 2.34. The van der Waals surface area contributed by atoms with Crippen LogP contribution < -0.4 is 20.5 Å². The van der Waals surface area contributed by atoms with Crippen LogP contribution in [0.15, 0.2) is 54.6 Å². The van der Waals surface area contributed by atoms with Crippen molar-refractivity contribution >= 4 is 33.9 Å². The van der Waals surface area contributed by atoms with Crippen LogP contribution in [0.3, 0.4) is 0 Å². The van der Waals surface area contributed by atoms with Gasteiger partial charge in [-0.1, -0.05) is 18.2 Å². The van der Waals surface area contributed by atoms with E-state index in [1.54, 1.807) is 30.0 Å². The molecule has 2 aromatic rings. The van der Waals surface area contributed by atoms with Gasteiger partial charge in [0.05, 0.1) is 11.4 Å². The highest BCUT2D eigenvalue weighted by Gasteiger charge is 2.16. The number of amides is 1. The number of hydrogen-bond acceptors (Lipinski definition) is 5. The second kappa shape index (κ2) is 7.17. The minimum atomic E-state index is -0.240. The summed E-state index contributed by atoms with van der Waals surface area (Å²) in [7, 11) is 0. The molecular formula is C20H18N2O3S. The van der Waals surface area contributed by atoms with E-state index in [0.717, 1.165) is 16.2 Å². The van der Waals surface area contributed by atoms with Crippen molar-refractivity contribution in [2.24, 2.45) is 0 Å². The van der Waals surface area contributed by atoms with Crippen LogP contribution in [0.4, 0.5) is 11.4 Å². The highest BCUT2D eigenvalue weighted by molar-refractivity contribution is 8.08. The van der Waals surface area contributed by atoms with Gasteiger partial charge in [0.2, 0.25) is 0 Å². The van der Waals surface area contributed by atoms with Crippen LogP contribution in [0.25, 0.3) is 4.91 Å². The van der Waals surface area contributed by atoms with E-state index >= 15 is 0 Å². The van der Waals surface area contributed by atoms with Gasteiger partial charge in [-0.05, 0) is 42.0 Å². The molecule has 6 heteroatoms. The Kier molecular flexibility index (Phi) is 4.58. The molecule has 2 heterocycles. The zero-order valence-corrected chi connectivity index (χ0v) is 14.8. The van der Waals surface area contributed by atoms with Crippen LogP contribution in [-0.2, 0) is 0 Å². The second-order valence-electron chi connectivity index (χ2n) is 5.88. The fraction of sp³-hybridized carbons (Fsp3) is 0.150. The maximum atomic E-state index is 12.6. The van der Waals surface area contributed by atoms with Crippen LogP contribution in [-0.4, -0.2) is 24.9 Å². The molecule has 0 bridgehead atoms. The summed E-state index contributed by atoms with van der Waals surface area (Å²) in [4.78, 5) is 13.8. The van der Waals surface area contributed by atoms with Crippen molar-refractivity contribution in [3.63, 3.8) is 0 Å². The first kappa shape index (κ1) is 16.6. The Morgan fingerprint density at radius 1 is 1.08 bits per heavy atom. The van der Waals surface area contributed by atoms with Gasteiger partial charge in [0.25, 0.3) is 5.91 Å². The number of ether oxygens (including phenoxy) is 2. The minimum absolute atomic E-state index is 0.240. The molecule has 26 heavy (non-hydrogen) atoms. The maximum absolute atomic E-state index is 12.6. The largest absolute Gasteiger partial charge is 0.486 e. The Labute approximate surface area is 155 Å². The molecule has 0 saturated carbocycles. The molecule has 0 unspecified atom stereocenters. The number of anilines is 2. The van der Waals surface area contributed by atoms with E-state index in [1.807, 2.05) is 24.3 Å². The lowest BCUT2D eigenvalue weighted by Gasteiger charge is -2.19. The maximum Gasteiger partial charge on any atom is 0.255 e. The van der Waals surface area contributed by atoms with Crippen LogP contribution >= 0.6 is 11.8 Å². The van der Waals surface area contributed by atoms with Crippen molar-refractivity contribution in [3.05, 3.63) is 65.8 Å². The molecule has 132 valence electrons. The van der Waals surface area contributed by atoms with E-state index in [4.69, 9.17) is 15.2 Å². The Morgan fingerprint density at radius 3 is 2.73 bits per heavy atom. The zero-order valence-electron chi connectivity index (χ0n) is 14.0. The zero-order chi connectivity index (χ0) is 17.9. The topological polar surface area (TPSA) is 73.6 Å². The van der Waals surface area contributed by atoms with E-state index < -0.39 is 0 Å². The van der Waals surface area contributed by atoms with Gasteiger partial charge in [-0.2, -0.15) is 0 Å². The average molecular weight is 366 g/mol. The van der Waals surface area contributed by atoms with Crippen LogP contribution in [0.1, 0.15) is 15.9 Å². The predicted molar refractivity (Wildman–Crippen MR) is 106 cm³/mol. The summed E-state index contributed by atoms with van der Waals surface area (Å²) < 4.78 is 11.0. The van der Waals surface area contributed by atoms with Crippen molar-refractivity contribution < 1.29 is 14.3 Å². The third-order valence-electron chi connectivity index (χ3n) is 4.11. The molecule has 1 amide bonds. The molecule has 4 rings (SSSR count). The van der Waals surface area contributed by atoms with Crippen molar-refractivity contribution in [2.45, 2.75) is 0 Å². The molecule has 0 atom stereocenters. The lowest BCUT2D eigenvalue weighted by molar-refractivity contribution is 0.102. The fourth-order valence-electron chi connectivity index (χ4n) is 2.77. The summed E-state index contributed by atoms with van der Waals surface area (Å²) in [6.07, 6.45) is 6.21. The molecule has 5 nitrogen and oxygen atoms in total. The first-order chi connectivity index (χ1) is 12.7. The summed E-state index contributed by atoms with van der Waals surface area (Å²) in [5.41, 5.74) is 8.70. The van der Waals surface area contributed by atoms with Gasteiger partial charge in [-0.3, -0.25) is 4.79 Å². The lowest BCUT2D eigenvalue weighted by Crippen LogP contribution is -2.17. The van der Waals surface area contributed by atoms with Crippen LogP contribution in [0, 0.1) is 0 Å². The summed E-state index contributed by atoms with van der Waals surface area (Å²) in [6.45, 7) is 0.999. The number of nitrogen functional groups attached to an aromatic ring is 1. The molecule has 0 radical (unpaired) electrons. The number of fused-ring (bicyclic) bond motifs is 1. The molecule has 0 spiro atoms. The number of allylic oxidation sites excluding steroid dienone is 2. The van der Waals surface area contributed by atoms with Gasteiger partial charge >= 0.3 is 0 Å².